The minimum atomic E-state index is -0.448. The number of halogens is 2. The molecule has 0 saturated carbocycles. The fourth-order valence-electron chi connectivity index (χ4n) is 1.37. The Kier molecular flexibility index (Phi) is 4.19. The summed E-state index contributed by atoms with van der Waals surface area (Å²) in [6, 6.07) is 6.36. The summed E-state index contributed by atoms with van der Waals surface area (Å²) in [7, 11) is 1.45. The Morgan fingerprint density at radius 3 is 2.58 bits per heavy atom. The topological polar surface area (TPSA) is 64.1 Å². The molecule has 1 aromatic carbocycles. The van der Waals surface area contributed by atoms with Crippen molar-refractivity contribution in [2.75, 3.05) is 12.4 Å². The van der Waals surface area contributed by atoms with Crippen molar-refractivity contribution >= 4 is 34.8 Å². The van der Waals surface area contributed by atoms with E-state index in [1.165, 1.54) is 19.5 Å². The maximum absolute atomic E-state index is 12.0. The van der Waals surface area contributed by atoms with Crippen LogP contribution in [0.3, 0.4) is 0 Å². The van der Waals surface area contributed by atoms with Gasteiger partial charge in [0.25, 0.3) is 5.91 Å². The van der Waals surface area contributed by atoms with Crippen molar-refractivity contribution in [1.82, 2.24) is 9.97 Å². The van der Waals surface area contributed by atoms with Crippen molar-refractivity contribution in [2.24, 2.45) is 0 Å². The molecule has 1 aromatic heterocycles. The van der Waals surface area contributed by atoms with Crippen LogP contribution in [0.5, 0.6) is 5.88 Å². The highest BCUT2D eigenvalue weighted by Crippen LogP contribution is 2.30. The Bertz CT molecular complexity index is 599. The molecule has 5 nitrogen and oxygen atoms in total. The van der Waals surface area contributed by atoms with Gasteiger partial charge in [0.05, 0.1) is 22.8 Å². The summed E-state index contributed by atoms with van der Waals surface area (Å²) in [5, 5.41) is 3.30. The zero-order chi connectivity index (χ0) is 13.8. The van der Waals surface area contributed by atoms with E-state index in [0.717, 1.165) is 0 Å². The summed E-state index contributed by atoms with van der Waals surface area (Å²) in [5.41, 5.74) is 0.497. The minimum absolute atomic E-state index is 0.155. The lowest BCUT2D eigenvalue weighted by molar-refractivity contribution is 0.102. The first-order valence-electron chi connectivity index (χ1n) is 5.23. The molecule has 1 heterocycles. The van der Waals surface area contributed by atoms with Gasteiger partial charge in [-0.05, 0) is 12.1 Å². The highest BCUT2D eigenvalue weighted by molar-refractivity contribution is 6.39. The number of anilines is 1. The molecule has 0 radical (unpaired) electrons. The smallest absolute Gasteiger partial charge is 0.274 e. The number of methoxy groups -OCH3 is 1. The number of para-hydroxylation sites is 1. The number of benzene rings is 1. The fraction of sp³-hybridized carbons (Fsp3) is 0.0833. The Morgan fingerprint density at radius 1 is 1.26 bits per heavy atom. The first-order chi connectivity index (χ1) is 9.11. The number of nitrogens with zero attached hydrogens (tertiary/aromatic N) is 2. The predicted octanol–water partition coefficient (Wildman–Crippen LogP) is 3.04. The van der Waals surface area contributed by atoms with Crippen molar-refractivity contribution in [3.63, 3.8) is 0 Å². The molecule has 1 amide bonds. The van der Waals surface area contributed by atoms with Gasteiger partial charge in [-0.25, -0.2) is 9.97 Å². The molecule has 0 aliphatic rings. The van der Waals surface area contributed by atoms with Gasteiger partial charge in [-0.2, -0.15) is 0 Å². The fourth-order valence-corrected chi connectivity index (χ4v) is 1.86. The lowest BCUT2D eigenvalue weighted by Gasteiger charge is -2.08. The number of hydrogen-bond donors (Lipinski definition) is 1. The van der Waals surface area contributed by atoms with E-state index in [-0.39, 0.29) is 5.69 Å². The van der Waals surface area contributed by atoms with Crippen LogP contribution in [-0.2, 0) is 0 Å². The van der Waals surface area contributed by atoms with E-state index < -0.39 is 5.91 Å². The number of rotatable bonds is 3. The van der Waals surface area contributed by atoms with Gasteiger partial charge in [0, 0.05) is 6.07 Å². The van der Waals surface area contributed by atoms with Gasteiger partial charge in [0.2, 0.25) is 5.88 Å². The number of ether oxygens (including phenoxy) is 1. The molecule has 0 fully saturated rings. The molecule has 0 aliphatic heterocycles. The molecule has 0 saturated heterocycles. The quantitative estimate of drug-likeness (QED) is 0.946. The SMILES string of the molecule is COc1cc(C(=O)Nc2c(Cl)cccc2Cl)ncn1. The van der Waals surface area contributed by atoms with E-state index in [1.54, 1.807) is 18.2 Å². The zero-order valence-corrected chi connectivity index (χ0v) is 11.4. The van der Waals surface area contributed by atoms with E-state index in [2.05, 4.69) is 15.3 Å². The van der Waals surface area contributed by atoms with Crippen LogP contribution >= 0.6 is 23.2 Å². The van der Waals surface area contributed by atoms with Crippen LogP contribution in [0.25, 0.3) is 0 Å². The lowest BCUT2D eigenvalue weighted by atomic mass is 10.3. The molecule has 98 valence electrons. The second kappa shape index (κ2) is 5.86. The Labute approximate surface area is 119 Å². The van der Waals surface area contributed by atoms with Gasteiger partial charge in [-0.1, -0.05) is 29.3 Å². The van der Waals surface area contributed by atoms with Crippen LogP contribution in [0.15, 0.2) is 30.6 Å². The second-order valence-electron chi connectivity index (χ2n) is 3.50. The van der Waals surface area contributed by atoms with E-state index in [0.29, 0.717) is 21.6 Å². The number of amides is 1. The van der Waals surface area contributed by atoms with E-state index in [1.807, 2.05) is 0 Å². The molecular formula is C12H9Cl2N3O2. The van der Waals surface area contributed by atoms with Gasteiger partial charge in [0.15, 0.2) is 0 Å². The molecular weight excluding hydrogens is 289 g/mol. The first-order valence-corrected chi connectivity index (χ1v) is 5.99. The first kappa shape index (κ1) is 13.6. The van der Waals surface area contributed by atoms with Gasteiger partial charge < -0.3 is 10.1 Å². The van der Waals surface area contributed by atoms with Crippen LogP contribution < -0.4 is 10.1 Å². The summed E-state index contributed by atoms with van der Waals surface area (Å²) in [6.07, 6.45) is 1.24. The molecule has 0 spiro atoms. The van der Waals surface area contributed by atoms with Crippen molar-refractivity contribution in [3.8, 4) is 5.88 Å². The third kappa shape index (κ3) is 3.13. The van der Waals surface area contributed by atoms with Gasteiger partial charge >= 0.3 is 0 Å². The van der Waals surface area contributed by atoms with Crippen LogP contribution in [0.1, 0.15) is 10.5 Å². The number of aromatic nitrogens is 2. The average molecular weight is 298 g/mol. The molecule has 2 rings (SSSR count). The van der Waals surface area contributed by atoms with Crippen molar-refractivity contribution in [1.29, 1.82) is 0 Å². The number of nitrogens with one attached hydrogen (secondary N) is 1. The normalized spacial score (nSPS) is 10.1. The molecule has 1 N–H and O–H groups in total. The summed E-state index contributed by atoms with van der Waals surface area (Å²) >= 11 is 11.9. The molecule has 0 bridgehead atoms. The second-order valence-corrected chi connectivity index (χ2v) is 4.31. The lowest BCUT2D eigenvalue weighted by Crippen LogP contribution is -2.14. The number of carbonyl (C=O) groups is 1. The van der Waals surface area contributed by atoms with Gasteiger partial charge in [0.1, 0.15) is 12.0 Å². The average Bonchev–Trinajstić information content (AvgIpc) is 2.43. The molecule has 0 unspecified atom stereocenters. The van der Waals surface area contributed by atoms with Gasteiger partial charge in [-0.3, -0.25) is 4.79 Å². The third-order valence-electron chi connectivity index (χ3n) is 2.29. The van der Waals surface area contributed by atoms with E-state index in [4.69, 9.17) is 27.9 Å². The summed E-state index contributed by atoms with van der Waals surface area (Å²) in [4.78, 5) is 19.7. The number of carbonyl (C=O) groups excluding carboxylic acids is 1. The van der Waals surface area contributed by atoms with E-state index >= 15 is 0 Å². The van der Waals surface area contributed by atoms with E-state index in [9.17, 15) is 4.79 Å². The Balaban J connectivity index is 2.25. The summed E-state index contributed by atoms with van der Waals surface area (Å²) in [5.74, 6) is -0.152. The molecule has 2 aromatic rings. The summed E-state index contributed by atoms with van der Waals surface area (Å²) in [6.45, 7) is 0. The highest BCUT2D eigenvalue weighted by atomic mass is 35.5. The third-order valence-corrected chi connectivity index (χ3v) is 2.92. The zero-order valence-electron chi connectivity index (χ0n) is 9.85. The molecule has 0 aliphatic carbocycles. The molecule has 7 heteroatoms. The predicted molar refractivity (Wildman–Crippen MR) is 73.0 cm³/mol. The van der Waals surface area contributed by atoms with Crippen LogP contribution in [0.2, 0.25) is 10.0 Å². The maximum atomic E-state index is 12.0. The van der Waals surface area contributed by atoms with Gasteiger partial charge in [-0.15, -0.1) is 0 Å². The Morgan fingerprint density at radius 2 is 1.95 bits per heavy atom. The van der Waals surface area contributed by atoms with Crippen molar-refractivity contribution < 1.29 is 9.53 Å². The standard InChI is InChI=1S/C12H9Cl2N3O2/c1-19-10-5-9(15-6-16-10)12(18)17-11-7(13)3-2-4-8(11)14/h2-6H,1H3,(H,17,18). The van der Waals surface area contributed by atoms with Crippen LogP contribution in [-0.4, -0.2) is 23.0 Å². The number of hydrogen-bond acceptors (Lipinski definition) is 4. The highest BCUT2D eigenvalue weighted by Gasteiger charge is 2.13. The molecule has 19 heavy (non-hydrogen) atoms. The Hall–Kier alpha value is -1.85. The monoisotopic (exact) mass is 297 g/mol. The maximum Gasteiger partial charge on any atom is 0.274 e. The van der Waals surface area contributed by atoms with Crippen LogP contribution in [0.4, 0.5) is 5.69 Å². The van der Waals surface area contributed by atoms with Crippen molar-refractivity contribution in [2.45, 2.75) is 0 Å². The van der Waals surface area contributed by atoms with Crippen LogP contribution in [0, 0.1) is 0 Å². The minimum Gasteiger partial charge on any atom is -0.481 e. The van der Waals surface area contributed by atoms with Crippen molar-refractivity contribution in [3.05, 3.63) is 46.3 Å². The summed E-state index contributed by atoms with van der Waals surface area (Å²) < 4.78 is 4.92. The molecule has 0 atom stereocenters. The largest absolute Gasteiger partial charge is 0.481 e.